The smallest absolute Gasteiger partial charge is 0.422 e. The predicted molar refractivity (Wildman–Crippen MR) is 57.9 cm³/mol. The van der Waals surface area contributed by atoms with E-state index in [2.05, 4.69) is 9.47 Å². The lowest BCUT2D eigenvalue weighted by Gasteiger charge is -2.05. The van der Waals surface area contributed by atoms with Gasteiger partial charge in [0.25, 0.3) is 0 Å². The van der Waals surface area contributed by atoms with Gasteiger partial charge in [-0.25, -0.2) is 18.4 Å². The zero-order valence-corrected chi connectivity index (χ0v) is 9.74. The van der Waals surface area contributed by atoms with Crippen LogP contribution in [-0.4, -0.2) is 18.5 Å². The lowest BCUT2D eigenvalue weighted by molar-refractivity contribution is -0.162. The first-order valence-corrected chi connectivity index (χ1v) is 5.38. The van der Waals surface area contributed by atoms with Gasteiger partial charge in [0.1, 0.15) is 17.4 Å². The molecule has 0 atom stereocenters. The number of hydrogen-bond acceptors (Lipinski definition) is 4. The van der Waals surface area contributed by atoms with Crippen LogP contribution >= 0.6 is 0 Å². The van der Waals surface area contributed by atoms with Crippen molar-refractivity contribution in [1.82, 2.24) is 0 Å². The van der Waals surface area contributed by atoms with Crippen molar-refractivity contribution in [3.63, 3.8) is 0 Å². The molecule has 1 aromatic rings. The maximum absolute atomic E-state index is 12.8. The van der Waals surface area contributed by atoms with E-state index in [0.717, 1.165) is 18.6 Å². The third-order valence-electron chi connectivity index (χ3n) is 1.94. The first kappa shape index (κ1) is 14.1. The maximum atomic E-state index is 12.8. The molecule has 0 unspecified atom stereocenters. The number of benzene rings is 1. The molecule has 0 fully saturated rings. The summed E-state index contributed by atoms with van der Waals surface area (Å²) in [6.07, 6.45) is 1.42. The minimum Gasteiger partial charge on any atom is -0.457 e. The van der Waals surface area contributed by atoms with Crippen LogP contribution in [0.1, 0.15) is 19.8 Å². The van der Waals surface area contributed by atoms with E-state index in [0.29, 0.717) is 12.5 Å². The number of unbranched alkanes of at least 4 members (excludes halogenated alkanes) is 1. The van der Waals surface area contributed by atoms with Crippen LogP contribution in [0.4, 0.5) is 8.78 Å². The van der Waals surface area contributed by atoms with E-state index >= 15 is 0 Å². The number of carbonyl (C=O) groups excluding carboxylic acids is 2. The molecule has 98 valence electrons. The summed E-state index contributed by atoms with van der Waals surface area (Å²) >= 11 is 0. The van der Waals surface area contributed by atoms with Crippen LogP contribution in [0, 0.1) is 11.6 Å². The van der Waals surface area contributed by atoms with E-state index in [1.165, 1.54) is 0 Å². The highest BCUT2D eigenvalue weighted by Gasteiger charge is 2.18. The van der Waals surface area contributed by atoms with Gasteiger partial charge in [-0.15, -0.1) is 0 Å². The second kappa shape index (κ2) is 6.68. The van der Waals surface area contributed by atoms with Gasteiger partial charge >= 0.3 is 11.9 Å². The quantitative estimate of drug-likeness (QED) is 0.359. The Hall–Kier alpha value is -1.98. The van der Waals surface area contributed by atoms with E-state index in [4.69, 9.17) is 0 Å². The summed E-state index contributed by atoms with van der Waals surface area (Å²) in [6, 6.07) is 2.21. The van der Waals surface area contributed by atoms with Gasteiger partial charge in [-0.2, -0.15) is 0 Å². The van der Waals surface area contributed by atoms with Gasteiger partial charge in [0, 0.05) is 18.2 Å². The summed E-state index contributed by atoms with van der Waals surface area (Å²) < 4.78 is 34.6. The Kier molecular flexibility index (Phi) is 5.23. The number of carbonyl (C=O) groups is 2. The van der Waals surface area contributed by atoms with Crippen molar-refractivity contribution in [3.8, 4) is 5.75 Å². The van der Waals surface area contributed by atoms with Crippen LogP contribution in [0.2, 0.25) is 0 Å². The topological polar surface area (TPSA) is 52.6 Å². The molecule has 0 spiro atoms. The number of esters is 2. The third kappa shape index (κ3) is 4.48. The minimum atomic E-state index is -1.31. The summed E-state index contributed by atoms with van der Waals surface area (Å²) in [4.78, 5) is 22.3. The van der Waals surface area contributed by atoms with Crippen molar-refractivity contribution in [1.29, 1.82) is 0 Å². The van der Waals surface area contributed by atoms with Crippen LogP contribution < -0.4 is 4.74 Å². The van der Waals surface area contributed by atoms with Crippen LogP contribution in [-0.2, 0) is 14.3 Å². The zero-order chi connectivity index (χ0) is 13.5. The molecule has 1 rings (SSSR count). The lowest BCUT2D eigenvalue weighted by Crippen LogP contribution is -2.23. The first-order chi connectivity index (χ1) is 8.52. The molecule has 0 amide bonds. The van der Waals surface area contributed by atoms with Crippen molar-refractivity contribution in [3.05, 3.63) is 29.8 Å². The third-order valence-corrected chi connectivity index (χ3v) is 1.94. The summed E-state index contributed by atoms with van der Waals surface area (Å²) in [7, 11) is 0. The van der Waals surface area contributed by atoms with Gasteiger partial charge < -0.3 is 9.47 Å². The van der Waals surface area contributed by atoms with Crippen molar-refractivity contribution in [2.45, 2.75) is 19.8 Å². The fourth-order valence-electron chi connectivity index (χ4n) is 1.10. The fraction of sp³-hybridized carbons (Fsp3) is 0.333. The molecule has 0 heterocycles. The Labute approximate surface area is 103 Å². The van der Waals surface area contributed by atoms with Crippen LogP contribution in [0.5, 0.6) is 5.75 Å². The second-order valence-electron chi connectivity index (χ2n) is 3.48. The van der Waals surface area contributed by atoms with Gasteiger partial charge in [0.15, 0.2) is 0 Å². The fourth-order valence-corrected chi connectivity index (χ4v) is 1.10. The molecular formula is C12H12F2O4. The van der Waals surface area contributed by atoms with E-state index in [9.17, 15) is 18.4 Å². The van der Waals surface area contributed by atoms with Crippen LogP contribution in [0.3, 0.4) is 0 Å². The molecule has 0 bridgehead atoms. The monoisotopic (exact) mass is 258 g/mol. The van der Waals surface area contributed by atoms with Gasteiger partial charge in [-0.1, -0.05) is 13.3 Å². The molecule has 4 nitrogen and oxygen atoms in total. The second-order valence-corrected chi connectivity index (χ2v) is 3.48. The standard InChI is InChI=1S/C12H12F2O4/c1-2-3-4-17-11(15)12(16)18-10-6-8(13)5-9(14)7-10/h5-7H,2-4H2,1H3. The molecule has 1 aromatic carbocycles. The first-order valence-electron chi connectivity index (χ1n) is 5.38. The molecule has 0 saturated heterocycles. The molecule has 0 aliphatic rings. The van der Waals surface area contributed by atoms with E-state index in [1.54, 1.807) is 0 Å². The van der Waals surface area contributed by atoms with Gasteiger partial charge in [0.2, 0.25) is 0 Å². The highest BCUT2D eigenvalue weighted by atomic mass is 19.1. The summed E-state index contributed by atoms with van der Waals surface area (Å²) in [5, 5.41) is 0. The lowest BCUT2D eigenvalue weighted by atomic mass is 10.3. The highest BCUT2D eigenvalue weighted by molar-refractivity contribution is 6.30. The van der Waals surface area contributed by atoms with Crippen molar-refractivity contribution >= 4 is 11.9 Å². The number of ether oxygens (including phenoxy) is 2. The maximum Gasteiger partial charge on any atom is 0.422 e. The summed E-state index contributed by atoms with van der Waals surface area (Å²) in [6.45, 7) is 1.99. The molecular weight excluding hydrogens is 246 g/mol. The largest absolute Gasteiger partial charge is 0.457 e. The van der Waals surface area contributed by atoms with Crippen LogP contribution in [0.25, 0.3) is 0 Å². The molecule has 0 aromatic heterocycles. The predicted octanol–water partition coefficient (Wildman–Crippen LogP) is 2.21. The Morgan fingerprint density at radius 3 is 2.28 bits per heavy atom. The van der Waals surface area contributed by atoms with Gasteiger partial charge in [-0.05, 0) is 6.42 Å². The van der Waals surface area contributed by atoms with Crippen molar-refractivity contribution in [2.24, 2.45) is 0 Å². The normalized spacial score (nSPS) is 9.94. The average molecular weight is 258 g/mol. The zero-order valence-electron chi connectivity index (χ0n) is 9.74. The molecule has 0 saturated carbocycles. The number of rotatable bonds is 4. The Morgan fingerprint density at radius 1 is 1.11 bits per heavy atom. The van der Waals surface area contributed by atoms with Crippen molar-refractivity contribution < 1.29 is 27.8 Å². The van der Waals surface area contributed by atoms with Gasteiger partial charge in [-0.3, -0.25) is 0 Å². The average Bonchev–Trinajstić information content (AvgIpc) is 2.27. The molecule has 0 aliphatic heterocycles. The molecule has 6 heteroatoms. The highest BCUT2D eigenvalue weighted by Crippen LogP contribution is 2.15. The molecule has 0 N–H and O–H groups in total. The minimum absolute atomic E-state index is 0.0992. The Balaban J connectivity index is 2.55. The Bertz CT molecular complexity index is 425. The SMILES string of the molecule is CCCCOC(=O)C(=O)Oc1cc(F)cc(F)c1. The molecule has 0 aliphatic carbocycles. The Morgan fingerprint density at radius 2 is 1.72 bits per heavy atom. The van der Waals surface area contributed by atoms with E-state index < -0.39 is 23.6 Å². The number of halogens is 2. The van der Waals surface area contributed by atoms with Crippen LogP contribution in [0.15, 0.2) is 18.2 Å². The summed E-state index contributed by atoms with van der Waals surface area (Å²) in [5.74, 6) is -4.69. The van der Waals surface area contributed by atoms with Crippen molar-refractivity contribution in [2.75, 3.05) is 6.61 Å². The molecule has 18 heavy (non-hydrogen) atoms. The summed E-state index contributed by atoms with van der Waals surface area (Å²) in [5.41, 5.74) is 0. The van der Waals surface area contributed by atoms with E-state index in [1.807, 2.05) is 6.92 Å². The van der Waals surface area contributed by atoms with E-state index in [-0.39, 0.29) is 12.4 Å². The van der Waals surface area contributed by atoms with Gasteiger partial charge in [0.05, 0.1) is 6.61 Å². The number of hydrogen-bond donors (Lipinski definition) is 0. The molecule has 0 radical (unpaired) electrons.